The van der Waals surface area contributed by atoms with Crippen molar-refractivity contribution in [2.45, 2.75) is 33.2 Å². The minimum Gasteiger partial charge on any atom is -0.326 e. The lowest BCUT2D eigenvalue weighted by Gasteiger charge is -2.18. The van der Waals surface area contributed by atoms with Gasteiger partial charge >= 0.3 is 6.03 Å². The van der Waals surface area contributed by atoms with Gasteiger partial charge in [0.25, 0.3) is 0 Å². The second kappa shape index (κ2) is 10.9. The van der Waals surface area contributed by atoms with E-state index in [1.807, 2.05) is 93.6 Å². The van der Waals surface area contributed by atoms with Gasteiger partial charge in [-0.05, 0) is 55.7 Å². The molecular formula is C27H27N5O2S. The number of aryl methyl sites for hydroxylation is 3. The van der Waals surface area contributed by atoms with Crippen LogP contribution in [0.15, 0.2) is 72.8 Å². The monoisotopic (exact) mass is 485 g/mol. The summed E-state index contributed by atoms with van der Waals surface area (Å²) in [6.07, 6.45) is 0.330. The summed E-state index contributed by atoms with van der Waals surface area (Å²) in [4.78, 5) is 25.9. The number of nitrogens with one attached hydrogen (secondary N) is 3. The molecule has 1 heterocycles. The van der Waals surface area contributed by atoms with Gasteiger partial charge in [0.1, 0.15) is 11.0 Å². The third-order valence-corrected chi connectivity index (χ3v) is 6.48. The summed E-state index contributed by atoms with van der Waals surface area (Å²) in [5, 5.41) is 17.9. The number of urea groups is 1. The molecule has 4 rings (SSSR count). The molecule has 1 unspecified atom stereocenters. The van der Waals surface area contributed by atoms with Crippen molar-refractivity contribution < 1.29 is 9.59 Å². The zero-order valence-electron chi connectivity index (χ0n) is 19.8. The third kappa shape index (κ3) is 6.51. The number of carbonyl (C=O) groups excluding carboxylic acids is 2. The van der Waals surface area contributed by atoms with E-state index in [9.17, 15) is 9.59 Å². The summed E-state index contributed by atoms with van der Waals surface area (Å²) in [6, 6.07) is 21.9. The highest BCUT2D eigenvalue weighted by Gasteiger charge is 2.23. The molecule has 0 spiro atoms. The first kappa shape index (κ1) is 24.1. The van der Waals surface area contributed by atoms with Crippen molar-refractivity contribution in [1.29, 1.82) is 0 Å². The van der Waals surface area contributed by atoms with E-state index in [0.29, 0.717) is 22.2 Å². The van der Waals surface area contributed by atoms with E-state index >= 15 is 0 Å². The van der Waals surface area contributed by atoms with Crippen LogP contribution in [-0.2, 0) is 11.2 Å². The molecule has 0 aliphatic rings. The van der Waals surface area contributed by atoms with Crippen LogP contribution in [0.25, 0.3) is 10.6 Å². The van der Waals surface area contributed by atoms with Crippen molar-refractivity contribution >= 4 is 34.1 Å². The molecule has 1 aromatic heterocycles. The number of hydrogen-bond donors (Lipinski definition) is 3. The van der Waals surface area contributed by atoms with Crippen LogP contribution in [0.3, 0.4) is 0 Å². The lowest BCUT2D eigenvalue weighted by molar-refractivity contribution is -0.117. The Morgan fingerprint density at radius 3 is 2.40 bits per heavy atom. The van der Waals surface area contributed by atoms with Crippen molar-refractivity contribution in [2.75, 3.05) is 10.6 Å². The van der Waals surface area contributed by atoms with E-state index < -0.39 is 12.1 Å². The van der Waals surface area contributed by atoms with Gasteiger partial charge in [0.05, 0.1) is 0 Å². The van der Waals surface area contributed by atoms with E-state index in [1.54, 1.807) is 0 Å². The topological polar surface area (TPSA) is 96.0 Å². The van der Waals surface area contributed by atoms with Crippen molar-refractivity contribution in [1.82, 2.24) is 15.5 Å². The third-order valence-electron chi connectivity index (χ3n) is 5.59. The zero-order valence-corrected chi connectivity index (χ0v) is 20.6. The van der Waals surface area contributed by atoms with Crippen molar-refractivity contribution in [2.24, 2.45) is 0 Å². The summed E-state index contributed by atoms with van der Waals surface area (Å²) in [5.74, 6) is -0.365. The Morgan fingerprint density at radius 1 is 0.857 bits per heavy atom. The first-order valence-electron chi connectivity index (χ1n) is 11.3. The Morgan fingerprint density at radius 2 is 1.66 bits per heavy atom. The average Bonchev–Trinajstić information content (AvgIpc) is 3.30. The van der Waals surface area contributed by atoms with Crippen LogP contribution in [-0.4, -0.2) is 28.2 Å². The lowest BCUT2D eigenvalue weighted by atomic mass is 10.1. The fraction of sp³-hybridized carbons (Fsp3) is 0.185. The fourth-order valence-corrected chi connectivity index (χ4v) is 4.31. The van der Waals surface area contributed by atoms with E-state index in [4.69, 9.17) is 0 Å². The van der Waals surface area contributed by atoms with Gasteiger partial charge < -0.3 is 10.6 Å². The number of anilines is 2. The second-order valence-corrected chi connectivity index (χ2v) is 9.39. The van der Waals surface area contributed by atoms with Crippen LogP contribution in [0.4, 0.5) is 15.6 Å². The van der Waals surface area contributed by atoms with Crippen molar-refractivity contribution in [3.05, 3.63) is 95.1 Å². The van der Waals surface area contributed by atoms with Gasteiger partial charge in [0.2, 0.25) is 11.0 Å². The zero-order chi connectivity index (χ0) is 24.8. The number of hydrogen-bond acceptors (Lipinski definition) is 5. The smallest absolute Gasteiger partial charge is 0.319 e. The van der Waals surface area contributed by atoms with Crippen LogP contribution in [0.1, 0.15) is 22.3 Å². The molecule has 4 aromatic rings. The lowest BCUT2D eigenvalue weighted by Crippen LogP contribution is -2.46. The van der Waals surface area contributed by atoms with Crippen LogP contribution in [0, 0.1) is 20.8 Å². The summed E-state index contributed by atoms with van der Waals surface area (Å²) >= 11 is 1.29. The molecular weight excluding hydrogens is 458 g/mol. The molecule has 1 atom stereocenters. The quantitative estimate of drug-likeness (QED) is 0.322. The highest BCUT2D eigenvalue weighted by atomic mass is 32.1. The maximum Gasteiger partial charge on any atom is 0.319 e. The summed E-state index contributed by atoms with van der Waals surface area (Å²) in [5.41, 5.74) is 5.86. The van der Waals surface area contributed by atoms with Crippen molar-refractivity contribution in [3.8, 4) is 10.6 Å². The second-order valence-electron chi connectivity index (χ2n) is 8.41. The number of aromatic nitrogens is 2. The van der Waals surface area contributed by atoms with Gasteiger partial charge in [0, 0.05) is 17.7 Å². The molecule has 0 saturated carbocycles. The molecule has 3 N–H and O–H groups in total. The van der Waals surface area contributed by atoms with E-state index in [1.165, 1.54) is 11.3 Å². The standard InChI is InChI=1S/C27H27N5O2S/c1-17-8-7-11-21(14-17)25-31-32-27(35-25)30-24(33)23(16-20-9-5-4-6-10-20)29-26(34)28-22-13-12-18(2)19(3)15-22/h4-15,23H,16H2,1-3H3,(H2,28,29,34)(H,30,32,33). The number of carbonyl (C=O) groups is 2. The van der Waals surface area contributed by atoms with Crippen LogP contribution in [0.5, 0.6) is 0 Å². The van der Waals surface area contributed by atoms with Gasteiger partial charge in [-0.1, -0.05) is 71.5 Å². The molecule has 178 valence electrons. The Kier molecular flexibility index (Phi) is 7.52. The Balaban J connectivity index is 1.48. The minimum absolute atomic E-state index is 0.330. The van der Waals surface area contributed by atoms with E-state index in [2.05, 4.69) is 26.1 Å². The van der Waals surface area contributed by atoms with Crippen molar-refractivity contribution in [3.63, 3.8) is 0 Å². The van der Waals surface area contributed by atoms with Gasteiger partial charge in [-0.25, -0.2) is 4.79 Å². The van der Waals surface area contributed by atoms with Gasteiger partial charge in [-0.15, -0.1) is 10.2 Å². The van der Waals surface area contributed by atoms with Gasteiger partial charge in [0.15, 0.2) is 0 Å². The molecule has 0 bridgehead atoms. The molecule has 0 fully saturated rings. The van der Waals surface area contributed by atoms with E-state index in [-0.39, 0.29) is 5.91 Å². The number of benzene rings is 3. The molecule has 8 heteroatoms. The first-order chi connectivity index (χ1) is 16.9. The minimum atomic E-state index is -0.810. The largest absolute Gasteiger partial charge is 0.326 e. The van der Waals surface area contributed by atoms with E-state index in [0.717, 1.165) is 27.8 Å². The molecule has 0 aliphatic heterocycles. The van der Waals surface area contributed by atoms with Crippen LogP contribution >= 0.6 is 11.3 Å². The van der Waals surface area contributed by atoms with Gasteiger partial charge in [-0.3, -0.25) is 10.1 Å². The maximum atomic E-state index is 13.2. The molecule has 35 heavy (non-hydrogen) atoms. The van der Waals surface area contributed by atoms with Crippen LogP contribution in [0.2, 0.25) is 0 Å². The fourth-order valence-electron chi connectivity index (χ4n) is 3.56. The predicted octanol–water partition coefficient (Wildman–Crippen LogP) is 5.50. The molecule has 3 amide bonds. The Bertz CT molecular complexity index is 1340. The average molecular weight is 486 g/mol. The SMILES string of the molecule is Cc1cccc(-c2nnc(NC(=O)C(Cc3ccccc3)NC(=O)Nc3ccc(C)c(C)c3)s2)c1. The Hall–Kier alpha value is -4.04. The molecule has 7 nitrogen and oxygen atoms in total. The summed E-state index contributed by atoms with van der Waals surface area (Å²) in [7, 11) is 0. The normalized spacial score (nSPS) is 11.5. The van der Waals surface area contributed by atoms with Crippen LogP contribution < -0.4 is 16.0 Å². The Labute approximate surface area is 208 Å². The molecule has 0 saturated heterocycles. The highest BCUT2D eigenvalue weighted by Crippen LogP contribution is 2.27. The highest BCUT2D eigenvalue weighted by molar-refractivity contribution is 7.18. The number of nitrogens with zero attached hydrogens (tertiary/aromatic N) is 2. The number of amides is 3. The molecule has 0 radical (unpaired) electrons. The summed E-state index contributed by atoms with van der Waals surface area (Å²) < 4.78 is 0. The summed E-state index contributed by atoms with van der Waals surface area (Å²) in [6.45, 7) is 6.00. The van der Waals surface area contributed by atoms with Gasteiger partial charge in [-0.2, -0.15) is 0 Å². The number of rotatable bonds is 7. The molecule has 3 aromatic carbocycles. The first-order valence-corrected chi connectivity index (χ1v) is 12.1. The predicted molar refractivity (Wildman–Crippen MR) is 141 cm³/mol. The maximum absolute atomic E-state index is 13.2. The molecule has 0 aliphatic carbocycles.